The smallest absolute Gasteiger partial charge is 0.125 e. The first-order valence-corrected chi connectivity index (χ1v) is 5.90. The standard InChI is InChI=1S/C11H10BrClN2/c1-2-5-15-10-4-3-8(12)6-9(10)14-11(15)7-13/h2-4,6H,1,5,7H2. The van der Waals surface area contributed by atoms with Crippen LogP contribution >= 0.6 is 27.5 Å². The van der Waals surface area contributed by atoms with Crippen LogP contribution in [0, 0.1) is 0 Å². The minimum Gasteiger partial charge on any atom is -0.323 e. The molecule has 15 heavy (non-hydrogen) atoms. The summed E-state index contributed by atoms with van der Waals surface area (Å²) in [6.45, 7) is 4.47. The Bertz CT molecular complexity index is 505. The van der Waals surface area contributed by atoms with Crippen molar-refractivity contribution >= 4 is 38.6 Å². The second-order valence-corrected chi connectivity index (χ2v) is 4.38. The number of nitrogens with zero attached hydrogens (tertiary/aromatic N) is 2. The summed E-state index contributed by atoms with van der Waals surface area (Å²) < 4.78 is 3.10. The van der Waals surface area contributed by atoms with Gasteiger partial charge in [-0.3, -0.25) is 0 Å². The average molecular weight is 286 g/mol. The van der Waals surface area contributed by atoms with Crippen LogP contribution in [0.4, 0.5) is 0 Å². The van der Waals surface area contributed by atoms with Crippen LogP contribution in [0.3, 0.4) is 0 Å². The van der Waals surface area contributed by atoms with Gasteiger partial charge in [-0.1, -0.05) is 22.0 Å². The van der Waals surface area contributed by atoms with Crippen molar-refractivity contribution in [2.24, 2.45) is 0 Å². The van der Waals surface area contributed by atoms with Gasteiger partial charge in [-0.05, 0) is 18.2 Å². The van der Waals surface area contributed by atoms with Crippen LogP contribution in [0.1, 0.15) is 5.82 Å². The van der Waals surface area contributed by atoms with E-state index in [1.165, 1.54) is 0 Å². The first-order valence-electron chi connectivity index (χ1n) is 4.57. The van der Waals surface area contributed by atoms with Crippen LogP contribution < -0.4 is 0 Å². The monoisotopic (exact) mass is 284 g/mol. The molecule has 0 aliphatic rings. The van der Waals surface area contributed by atoms with E-state index in [2.05, 4.69) is 32.1 Å². The van der Waals surface area contributed by atoms with Gasteiger partial charge in [-0.2, -0.15) is 0 Å². The lowest BCUT2D eigenvalue weighted by molar-refractivity contribution is 0.799. The van der Waals surface area contributed by atoms with E-state index in [0.717, 1.165) is 27.9 Å². The summed E-state index contributed by atoms with van der Waals surface area (Å²) >= 11 is 9.27. The summed E-state index contributed by atoms with van der Waals surface area (Å²) in [5.74, 6) is 1.30. The number of aromatic nitrogens is 2. The molecule has 0 saturated carbocycles. The van der Waals surface area contributed by atoms with E-state index in [0.29, 0.717) is 5.88 Å². The fourth-order valence-electron chi connectivity index (χ4n) is 1.59. The lowest BCUT2D eigenvalue weighted by Crippen LogP contribution is -1.99. The zero-order chi connectivity index (χ0) is 10.8. The first kappa shape index (κ1) is 10.7. The molecule has 78 valence electrons. The summed E-state index contributed by atoms with van der Waals surface area (Å²) in [4.78, 5) is 4.46. The lowest BCUT2D eigenvalue weighted by Gasteiger charge is -2.02. The highest BCUT2D eigenvalue weighted by atomic mass is 79.9. The number of halogens is 2. The number of fused-ring (bicyclic) bond motifs is 1. The molecule has 2 aromatic rings. The number of rotatable bonds is 3. The quantitative estimate of drug-likeness (QED) is 0.621. The molecule has 0 fully saturated rings. The second-order valence-electron chi connectivity index (χ2n) is 3.19. The Labute approximate surface area is 102 Å². The molecule has 0 bridgehead atoms. The fourth-order valence-corrected chi connectivity index (χ4v) is 2.14. The van der Waals surface area contributed by atoms with Crippen LogP contribution in [0.25, 0.3) is 11.0 Å². The first-order chi connectivity index (χ1) is 7.26. The number of alkyl halides is 1. The van der Waals surface area contributed by atoms with Gasteiger partial charge in [0.2, 0.25) is 0 Å². The maximum absolute atomic E-state index is 5.85. The molecule has 0 N–H and O–H groups in total. The van der Waals surface area contributed by atoms with E-state index < -0.39 is 0 Å². The Morgan fingerprint density at radius 2 is 2.33 bits per heavy atom. The summed E-state index contributed by atoms with van der Waals surface area (Å²) in [6, 6.07) is 6.03. The number of hydrogen-bond acceptors (Lipinski definition) is 1. The van der Waals surface area contributed by atoms with Gasteiger partial charge in [0.15, 0.2) is 0 Å². The molecule has 0 aliphatic heterocycles. The van der Waals surface area contributed by atoms with Crippen molar-refractivity contribution in [1.82, 2.24) is 9.55 Å². The summed E-state index contributed by atoms with van der Waals surface area (Å²) in [5.41, 5.74) is 2.05. The van der Waals surface area contributed by atoms with E-state index >= 15 is 0 Å². The zero-order valence-corrected chi connectivity index (χ0v) is 10.4. The van der Waals surface area contributed by atoms with Gasteiger partial charge in [0.05, 0.1) is 16.9 Å². The van der Waals surface area contributed by atoms with E-state index in [-0.39, 0.29) is 0 Å². The molecule has 1 heterocycles. The SMILES string of the molecule is C=CCn1c(CCl)nc2cc(Br)ccc21. The summed E-state index contributed by atoms with van der Waals surface area (Å²) in [7, 11) is 0. The van der Waals surface area contributed by atoms with E-state index in [1.54, 1.807) is 0 Å². The Balaban J connectivity index is 2.68. The molecule has 4 heteroatoms. The molecule has 2 nitrogen and oxygen atoms in total. The normalized spacial score (nSPS) is 10.8. The van der Waals surface area contributed by atoms with Crippen LogP contribution in [0.15, 0.2) is 35.3 Å². The largest absolute Gasteiger partial charge is 0.323 e. The third-order valence-corrected chi connectivity index (χ3v) is 2.95. The highest BCUT2D eigenvalue weighted by Crippen LogP contribution is 2.21. The lowest BCUT2D eigenvalue weighted by atomic mass is 10.3. The van der Waals surface area contributed by atoms with Crippen LogP contribution in [0.5, 0.6) is 0 Å². The second kappa shape index (κ2) is 4.37. The van der Waals surface area contributed by atoms with Crippen LogP contribution in [-0.4, -0.2) is 9.55 Å². The topological polar surface area (TPSA) is 17.8 Å². The molecule has 0 spiro atoms. The average Bonchev–Trinajstić information content (AvgIpc) is 2.56. The molecule has 0 unspecified atom stereocenters. The fraction of sp³-hybridized carbons (Fsp3) is 0.182. The molecule has 1 aromatic carbocycles. The maximum atomic E-state index is 5.85. The number of benzene rings is 1. The van der Waals surface area contributed by atoms with Gasteiger partial charge in [0.25, 0.3) is 0 Å². The van der Waals surface area contributed by atoms with Crippen molar-refractivity contribution in [3.63, 3.8) is 0 Å². The summed E-state index contributed by atoms with van der Waals surface area (Å²) in [6.07, 6.45) is 1.85. The molecule has 0 atom stereocenters. The molecule has 0 aliphatic carbocycles. The maximum Gasteiger partial charge on any atom is 0.125 e. The minimum absolute atomic E-state index is 0.417. The van der Waals surface area contributed by atoms with Crippen molar-refractivity contribution in [2.45, 2.75) is 12.4 Å². The highest BCUT2D eigenvalue weighted by Gasteiger charge is 2.08. The third-order valence-electron chi connectivity index (χ3n) is 2.22. The molecular weight excluding hydrogens is 275 g/mol. The molecule has 0 amide bonds. The van der Waals surface area contributed by atoms with Crippen molar-refractivity contribution in [3.05, 3.63) is 41.2 Å². The van der Waals surface area contributed by atoms with Gasteiger partial charge in [0, 0.05) is 11.0 Å². The van der Waals surface area contributed by atoms with Crippen molar-refractivity contribution < 1.29 is 0 Å². The molecule has 1 aromatic heterocycles. The van der Waals surface area contributed by atoms with Gasteiger partial charge in [-0.25, -0.2) is 4.98 Å². The number of hydrogen-bond donors (Lipinski definition) is 0. The van der Waals surface area contributed by atoms with Gasteiger partial charge in [0.1, 0.15) is 5.82 Å². The van der Waals surface area contributed by atoms with Crippen LogP contribution in [0.2, 0.25) is 0 Å². The molecular formula is C11H10BrClN2. The van der Waals surface area contributed by atoms with E-state index in [9.17, 15) is 0 Å². The molecule has 2 rings (SSSR count). The van der Waals surface area contributed by atoms with Crippen LogP contribution in [-0.2, 0) is 12.4 Å². The zero-order valence-electron chi connectivity index (χ0n) is 8.08. The van der Waals surface area contributed by atoms with E-state index in [1.807, 2.05) is 24.3 Å². The van der Waals surface area contributed by atoms with E-state index in [4.69, 9.17) is 11.6 Å². The van der Waals surface area contributed by atoms with Crippen molar-refractivity contribution in [3.8, 4) is 0 Å². The Hall–Kier alpha value is -0.800. The molecule has 0 saturated heterocycles. The van der Waals surface area contributed by atoms with Crippen molar-refractivity contribution in [2.75, 3.05) is 0 Å². The predicted octanol–water partition coefficient (Wildman–Crippen LogP) is 3.72. The predicted molar refractivity (Wildman–Crippen MR) is 67.2 cm³/mol. The number of imidazole rings is 1. The third kappa shape index (κ3) is 1.94. The summed E-state index contributed by atoms with van der Waals surface area (Å²) in [5, 5.41) is 0. The van der Waals surface area contributed by atoms with Gasteiger partial charge < -0.3 is 4.57 Å². The highest BCUT2D eigenvalue weighted by molar-refractivity contribution is 9.10. The number of allylic oxidation sites excluding steroid dienone is 1. The Kier molecular flexibility index (Phi) is 3.12. The van der Waals surface area contributed by atoms with Gasteiger partial charge in [-0.15, -0.1) is 18.2 Å². The van der Waals surface area contributed by atoms with Crippen molar-refractivity contribution in [1.29, 1.82) is 0 Å². The Morgan fingerprint density at radius 3 is 3.00 bits per heavy atom. The van der Waals surface area contributed by atoms with Gasteiger partial charge >= 0.3 is 0 Å². The minimum atomic E-state index is 0.417. The Morgan fingerprint density at radius 1 is 1.53 bits per heavy atom. The molecule has 0 radical (unpaired) electrons.